The maximum Gasteiger partial charge on any atom is 0.143 e. The van der Waals surface area contributed by atoms with Gasteiger partial charge in [-0.05, 0) is 162 Å². The molecule has 0 aliphatic rings. The lowest BCUT2D eigenvalue weighted by atomic mass is 9.81. The molecule has 2 heterocycles. The number of rotatable bonds is 16. The van der Waals surface area contributed by atoms with E-state index in [1.165, 1.54) is 133 Å². The first kappa shape index (κ1) is 70.2. The second-order valence-electron chi connectivity index (χ2n) is 30.1. The average molecular weight is 1480 g/mol. The third-order valence-corrected chi connectivity index (χ3v) is 23.1. The van der Waals surface area contributed by atoms with E-state index < -0.39 is 0 Å². The van der Waals surface area contributed by atoms with E-state index >= 15 is 0 Å². The number of para-hydroxylation sites is 4. The van der Waals surface area contributed by atoms with Gasteiger partial charge in [-0.1, -0.05) is 443 Å². The zero-order valence-electron chi connectivity index (χ0n) is 63.8. The van der Waals surface area contributed by atoms with Gasteiger partial charge in [0.1, 0.15) is 22.3 Å². The lowest BCUT2D eigenvalue weighted by Gasteiger charge is -2.22. The van der Waals surface area contributed by atoms with Crippen LogP contribution in [0.25, 0.3) is 166 Å². The Labute approximate surface area is 676 Å². The van der Waals surface area contributed by atoms with Gasteiger partial charge in [-0.15, -0.1) is 0 Å². The van der Waals surface area contributed by atoms with Crippen LogP contribution in [0.4, 0.5) is 0 Å². The van der Waals surface area contributed by atoms with Crippen LogP contribution in [0.2, 0.25) is 0 Å². The Morgan fingerprint density at radius 2 is 0.405 bits per heavy atom. The van der Waals surface area contributed by atoms with Crippen LogP contribution in [0.5, 0.6) is 0 Å². The van der Waals surface area contributed by atoms with Crippen molar-refractivity contribution < 1.29 is 8.83 Å². The zero-order chi connectivity index (χ0) is 77.1. The lowest BCUT2D eigenvalue weighted by Crippen LogP contribution is -2.04. The molecule has 0 fully saturated rings. The number of fused-ring (bicyclic) bond motifs is 7. The van der Waals surface area contributed by atoms with Crippen LogP contribution in [0.3, 0.4) is 0 Å². The van der Waals surface area contributed by atoms with Crippen LogP contribution >= 0.6 is 0 Å². The molecule has 0 N–H and O–H groups in total. The summed E-state index contributed by atoms with van der Waals surface area (Å²) in [5.74, 6) is 0.0784. The SMILES string of the molecule is c1ccc(-c2ccc(-c3ccc(C(c4ccc(-c5cccc(-c6ccccc6)c5)cc4)c4cccc(-c5ccc(-c6cccc7c6oc6ccccc67)cc5)c4)cc3)cc2)cc1.c1ccc(-c2ccc(-c3ccc(C(c4cccc(-c5ccc(-c6cccc7c6oc6ccccc67)cc5)c4)c4cccc5ccccc45)cc3)cc2)cc1. The van der Waals surface area contributed by atoms with E-state index in [1.807, 2.05) is 24.3 Å². The maximum absolute atomic E-state index is 6.39. The van der Waals surface area contributed by atoms with Gasteiger partial charge in [0.05, 0.1) is 0 Å². The Bertz CT molecular complexity index is 7040. The van der Waals surface area contributed by atoms with Gasteiger partial charge < -0.3 is 8.83 Å². The van der Waals surface area contributed by atoms with E-state index in [1.54, 1.807) is 0 Å². The minimum absolute atomic E-state index is 0.0270. The normalized spacial score (nSPS) is 11.9. The smallest absolute Gasteiger partial charge is 0.143 e. The standard InChI is InChI=1S/C61H42O.C53H36O/c1-3-12-42(13-4-1)44-24-26-45(27-25-44)46-30-36-50(37-31-46)60(51-38-32-48(33-39-51)53-17-9-16-52(40-53)43-14-5-2-6-15-43)55-19-10-18-54(41-55)47-28-34-49(35-29-47)56-21-11-22-58-57-20-7-8-23-59(57)62-61(56)58;1-2-11-36(12-3-1)37-23-25-38(26-24-37)39-29-33-43(34-30-39)52(49-20-9-14-41-13-4-5-17-46(41)49)45-16-8-15-44(35-45)40-27-31-42(32-28-40)47-19-10-21-50-48-18-6-7-22-51(48)54-53(47)50/h1-41,60H;1-35,52H. The summed E-state index contributed by atoms with van der Waals surface area (Å²) in [6.07, 6.45) is 0. The predicted octanol–water partition coefficient (Wildman–Crippen LogP) is 31.4. The topological polar surface area (TPSA) is 26.3 Å². The van der Waals surface area contributed by atoms with Crippen LogP contribution < -0.4 is 0 Å². The Hall–Kier alpha value is -15.0. The van der Waals surface area contributed by atoms with Gasteiger partial charge in [0, 0.05) is 44.5 Å². The van der Waals surface area contributed by atoms with E-state index in [0.717, 1.165) is 66.1 Å². The second kappa shape index (κ2) is 31.3. The third-order valence-electron chi connectivity index (χ3n) is 23.1. The number of benzene rings is 19. The Balaban J connectivity index is 0.000000151. The summed E-state index contributed by atoms with van der Waals surface area (Å²) >= 11 is 0. The molecule has 0 amide bonds. The molecule has 2 heteroatoms. The van der Waals surface area contributed by atoms with Crippen molar-refractivity contribution in [2.75, 3.05) is 0 Å². The number of furan rings is 2. The summed E-state index contributed by atoms with van der Waals surface area (Å²) in [6, 6.07) is 167. The molecule has 2 nitrogen and oxygen atoms in total. The third kappa shape index (κ3) is 14.1. The van der Waals surface area contributed by atoms with E-state index in [2.05, 4.69) is 437 Å². The van der Waals surface area contributed by atoms with Crippen LogP contribution in [-0.4, -0.2) is 0 Å². The summed E-state index contributed by atoms with van der Waals surface area (Å²) in [7, 11) is 0. The van der Waals surface area contributed by atoms with Gasteiger partial charge in [0.15, 0.2) is 0 Å². The van der Waals surface area contributed by atoms with Crippen molar-refractivity contribution in [2.24, 2.45) is 0 Å². The van der Waals surface area contributed by atoms with E-state index in [-0.39, 0.29) is 11.8 Å². The van der Waals surface area contributed by atoms with Crippen LogP contribution in [0.1, 0.15) is 45.2 Å². The molecule has 2 atom stereocenters. The molecule has 0 aliphatic carbocycles. The second-order valence-corrected chi connectivity index (χ2v) is 30.1. The van der Waals surface area contributed by atoms with Crippen molar-refractivity contribution in [3.8, 4) is 111 Å². The van der Waals surface area contributed by atoms with Gasteiger partial charge in [-0.25, -0.2) is 0 Å². The molecule has 546 valence electrons. The van der Waals surface area contributed by atoms with Gasteiger partial charge in [-0.3, -0.25) is 0 Å². The zero-order valence-corrected chi connectivity index (χ0v) is 63.8. The number of hydrogen-bond donors (Lipinski definition) is 0. The van der Waals surface area contributed by atoms with Crippen LogP contribution in [0, 0.1) is 0 Å². The summed E-state index contributed by atoms with van der Waals surface area (Å²) in [6.45, 7) is 0. The predicted molar refractivity (Wildman–Crippen MR) is 487 cm³/mol. The molecular formula is C114H78O2. The van der Waals surface area contributed by atoms with Gasteiger partial charge >= 0.3 is 0 Å². The first-order chi connectivity index (χ1) is 57.5. The van der Waals surface area contributed by atoms with Crippen molar-refractivity contribution in [1.82, 2.24) is 0 Å². The first-order valence-corrected chi connectivity index (χ1v) is 40.0. The molecular weight excluding hydrogens is 1400 g/mol. The average Bonchev–Trinajstić information content (AvgIpc) is 1.52. The van der Waals surface area contributed by atoms with Gasteiger partial charge in [0.2, 0.25) is 0 Å². The molecule has 116 heavy (non-hydrogen) atoms. The molecule has 0 radical (unpaired) electrons. The van der Waals surface area contributed by atoms with Crippen LogP contribution in [-0.2, 0) is 0 Å². The van der Waals surface area contributed by atoms with Gasteiger partial charge in [-0.2, -0.15) is 0 Å². The molecule has 21 aromatic rings. The quantitative estimate of drug-likeness (QED) is 0.0902. The molecule has 0 saturated heterocycles. The molecule has 0 bridgehead atoms. The molecule has 21 rings (SSSR count). The monoisotopic (exact) mass is 1480 g/mol. The Kier molecular flexibility index (Phi) is 18.9. The van der Waals surface area contributed by atoms with Crippen molar-refractivity contribution in [3.05, 3.63) is 494 Å². The molecule has 0 saturated carbocycles. The van der Waals surface area contributed by atoms with Gasteiger partial charge in [0.25, 0.3) is 0 Å². The summed E-state index contributed by atoms with van der Waals surface area (Å²) < 4.78 is 12.8. The highest BCUT2D eigenvalue weighted by molar-refractivity contribution is 6.11. The minimum Gasteiger partial charge on any atom is -0.455 e. The van der Waals surface area contributed by atoms with E-state index in [0.29, 0.717) is 0 Å². The summed E-state index contributed by atoms with van der Waals surface area (Å²) in [4.78, 5) is 0. The van der Waals surface area contributed by atoms with Crippen molar-refractivity contribution in [2.45, 2.75) is 11.8 Å². The molecule has 0 spiro atoms. The highest BCUT2D eigenvalue weighted by Crippen LogP contribution is 2.44. The summed E-state index contributed by atoms with van der Waals surface area (Å²) in [5, 5.41) is 7.11. The minimum atomic E-state index is 0.0270. The fraction of sp³-hybridized carbons (Fsp3) is 0.0175. The molecule has 2 aromatic heterocycles. The fourth-order valence-corrected chi connectivity index (χ4v) is 17.1. The van der Waals surface area contributed by atoms with E-state index in [9.17, 15) is 0 Å². The van der Waals surface area contributed by atoms with Crippen molar-refractivity contribution in [3.63, 3.8) is 0 Å². The number of hydrogen-bond acceptors (Lipinski definition) is 2. The van der Waals surface area contributed by atoms with Crippen LogP contribution in [0.15, 0.2) is 470 Å². The maximum atomic E-state index is 6.39. The molecule has 2 unspecified atom stereocenters. The molecule has 0 aliphatic heterocycles. The van der Waals surface area contributed by atoms with E-state index in [4.69, 9.17) is 8.83 Å². The van der Waals surface area contributed by atoms with Crippen molar-refractivity contribution in [1.29, 1.82) is 0 Å². The first-order valence-electron chi connectivity index (χ1n) is 40.0. The molecule has 19 aromatic carbocycles. The highest BCUT2D eigenvalue weighted by Gasteiger charge is 2.23. The largest absolute Gasteiger partial charge is 0.455 e. The fourth-order valence-electron chi connectivity index (χ4n) is 17.1. The lowest BCUT2D eigenvalue weighted by molar-refractivity contribution is 0.669. The van der Waals surface area contributed by atoms with Crippen molar-refractivity contribution >= 4 is 54.6 Å². The Morgan fingerprint density at radius 3 is 0.819 bits per heavy atom. The summed E-state index contributed by atoms with van der Waals surface area (Å²) in [5.41, 5.74) is 35.1. The Morgan fingerprint density at radius 1 is 0.147 bits per heavy atom. The highest BCUT2D eigenvalue weighted by atomic mass is 16.3.